The largest absolute Gasteiger partial charge is 0.0622 e. The average Bonchev–Trinajstić information content (AvgIpc) is 1.58. The average molecular weight is 1570 g/mol. The minimum atomic E-state index is 0.0740. The summed E-state index contributed by atoms with van der Waals surface area (Å²) in [4.78, 5) is 0. The van der Waals surface area contributed by atoms with Crippen LogP contribution >= 0.6 is 0 Å². The highest BCUT2D eigenvalue weighted by Gasteiger charge is 2.35. The number of fused-ring (bicyclic) bond motifs is 3. The van der Waals surface area contributed by atoms with Crippen molar-refractivity contribution < 1.29 is 0 Å². The van der Waals surface area contributed by atoms with Crippen LogP contribution in [0, 0.1) is 34.6 Å². The van der Waals surface area contributed by atoms with Gasteiger partial charge in [-0.3, -0.25) is 0 Å². The summed E-state index contributed by atoms with van der Waals surface area (Å²) in [6.45, 7) is 15.6. The number of aryl methyl sites for hydroxylation is 5. The molecule has 1 aliphatic rings. The number of rotatable bonds is 13. The minimum Gasteiger partial charge on any atom is -0.0622 e. The third-order valence-corrected chi connectivity index (χ3v) is 23.5. The smallest absolute Gasteiger partial charge is 0.0159 e. The molecule has 19 aromatic carbocycles. The summed E-state index contributed by atoms with van der Waals surface area (Å²) < 4.78 is 0. The molecule has 0 unspecified atom stereocenters. The Hall–Kier alpha value is -14.8. The fourth-order valence-electron chi connectivity index (χ4n) is 17.2. The molecule has 0 amide bonds. The summed E-state index contributed by atoms with van der Waals surface area (Å²) in [5, 5.41) is 0. The summed E-state index contributed by atoms with van der Waals surface area (Å²) in [5.41, 5.74) is 45.3. The molecule has 0 fully saturated rings. The second-order valence-electron chi connectivity index (χ2n) is 32.0. The van der Waals surface area contributed by atoms with Crippen LogP contribution < -0.4 is 0 Å². The fourth-order valence-corrected chi connectivity index (χ4v) is 17.2. The standard InChI is InChI=1S/4C25H20.C22H20/c1-19-17-24(21-13-7-3-8-14-21)25(22-15-9-4-10-16-22)18-23(19)20-11-5-2-6-12-20;1-19-17-23(20-11-5-2-6-12-20)18-24(21-13-7-3-8-14-21)25(19)22-15-9-4-10-16-22;1-19-10-8-9-15-23(19)24-17-16-22(20-11-4-2-5-12-20)18-25(24)21-13-6-3-7-14-21;1-19-10-8-9-15-23(19)25-18-22(20-11-4-2-5-12-20)16-17-24(25)21-13-6-3-7-14-21;1-15-8-4-5-9-17(15)16-12-13-19-18-10-6-7-11-20(18)22(2,3)21(19)14-16/h4*2-18H,1H3;4-14H,1-3H3. The molecule has 19 aromatic rings. The van der Waals surface area contributed by atoms with Crippen molar-refractivity contribution >= 4 is 0 Å². The highest BCUT2D eigenvalue weighted by molar-refractivity contribution is 5.94. The Morgan fingerprint density at radius 3 is 0.852 bits per heavy atom. The van der Waals surface area contributed by atoms with Crippen LogP contribution in [-0.2, 0) is 5.41 Å². The van der Waals surface area contributed by atoms with Gasteiger partial charge in [0.25, 0.3) is 0 Å². The number of benzene rings is 19. The molecule has 0 heterocycles. The van der Waals surface area contributed by atoms with Gasteiger partial charge in [-0.1, -0.05) is 463 Å². The maximum atomic E-state index is 2.39. The van der Waals surface area contributed by atoms with E-state index >= 15 is 0 Å². The lowest BCUT2D eigenvalue weighted by Crippen LogP contribution is -2.14. The van der Waals surface area contributed by atoms with Gasteiger partial charge in [0.2, 0.25) is 0 Å². The van der Waals surface area contributed by atoms with Crippen molar-refractivity contribution in [3.05, 3.63) is 518 Å². The van der Waals surface area contributed by atoms with Crippen molar-refractivity contribution in [3.63, 3.8) is 0 Å². The van der Waals surface area contributed by atoms with Crippen molar-refractivity contribution in [2.45, 2.75) is 53.9 Å². The Balaban J connectivity index is 0.000000113. The Morgan fingerprint density at radius 1 is 0.123 bits per heavy atom. The first-order valence-electron chi connectivity index (χ1n) is 42.4. The summed E-state index contributed by atoms with van der Waals surface area (Å²) in [7, 11) is 0. The van der Waals surface area contributed by atoms with E-state index in [0.29, 0.717) is 0 Å². The first kappa shape index (κ1) is 80.9. The molecule has 20 rings (SSSR count). The van der Waals surface area contributed by atoms with E-state index in [4.69, 9.17) is 0 Å². The van der Waals surface area contributed by atoms with Crippen LogP contribution in [0.1, 0.15) is 52.8 Å². The van der Waals surface area contributed by atoms with E-state index < -0.39 is 0 Å². The van der Waals surface area contributed by atoms with E-state index in [1.165, 1.54) is 195 Å². The third-order valence-electron chi connectivity index (χ3n) is 23.5. The van der Waals surface area contributed by atoms with Gasteiger partial charge in [0, 0.05) is 5.41 Å². The molecule has 0 N–H and O–H groups in total. The second kappa shape index (κ2) is 38.3. The van der Waals surface area contributed by atoms with Gasteiger partial charge < -0.3 is 0 Å². The van der Waals surface area contributed by atoms with E-state index in [1.54, 1.807) is 0 Å². The molecule has 122 heavy (non-hydrogen) atoms. The fraction of sp³-hybridized carbons (Fsp3) is 0.0656. The number of hydrogen-bond donors (Lipinski definition) is 0. The topological polar surface area (TPSA) is 0 Å². The molecule has 0 bridgehead atoms. The van der Waals surface area contributed by atoms with Crippen LogP contribution in [0.15, 0.2) is 479 Å². The molecule has 0 spiro atoms. The van der Waals surface area contributed by atoms with Gasteiger partial charge in [-0.2, -0.15) is 0 Å². The quantitative estimate of drug-likeness (QED) is 0.108. The van der Waals surface area contributed by atoms with E-state index in [2.05, 4.69) is 528 Å². The zero-order valence-electron chi connectivity index (χ0n) is 70.6. The van der Waals surface area contributed by atoms with Gasteiger partial charge in [0.05, 0.1) is 0 Å². The Labute approximate surface area is 722 Å². The first-order chi connectivity index (χ1) is 59.9. The Kier molecular flexibility index (Phi) is 25.4. The van der Waals surface area contributed by atoms with Crippen molar-refractivity contribution in [3.8, 4) is 156 Å². The monoisotopic (exact) mass is 1560 g/mol. The van der Waals surface area contributed by atoms with E-state index in [-0.39, 0.29) is 5.41 Å². The highest BCUT2D eigenvalue weighted by Crippen LogP contribution is 2.50. The van der Waals surface area contributed by atoms with Crippen LogP contribution in [0.4, 0.5) is 0 Å². The van der Waals surface area contributed by atoms with Gasteiger partial charge in [-0.25, -0.2) is 0 Å². The molecule has 0 saturated carbocycles. The SMILES string of the molecule is Cc1cc(-c2ccccc2)c(-c2ccccc2)cc1-c1ccccc1.Cc1cc(-c2ccccc2)cc(-c2ccccc2)c1-c1ccccc1.Cc1ccccc1-c1cc(-c2ccccc2)ccc1-c1ccccc1.Cc1ccccc1-c1ccc(-c2ccccc2)cc1-c1ccccc1.Cc1ccccc1-c1ccc2c(c1)C(C)(C)c1ccccc1-2. The zero-order valence-corrected chi connectivity index (χ0v) is 70.6. The van der Waals surface area contributed by atoms with Crippen molar-refractivity contribution in [1.29, 1.82) is 0 Å². The van der Waals surface area contributed by atoms with Crippen LogP contribution in [0.25, 0.3) is 156 Å². The van der Waals surface area contributed by atoms with Crippen molar-refractivity contribution in [2.75, 3.05) is 0 Å². The Morgan fingerprint density at radius 2 is 0.410 bits per heavy atom. The van der Waals surface area contributed by atoms with Crippen LogP contribution in [0.3, 0.4) is 0 Å². The molecule has 0 radical (unpaired) electrons. The molecule has 1 aliphatic carbocycles. The summed E-state index contributed by atoms with van der Waals surface area (Å²) in [6.07, 6.45) is 0. The molecule has 0 heteroatoms. The van der Waals surface area contributed by atoms with Crippen molar-refractivity contribution in [1.82, 2.24) is 0 Å². The molecule has 0 nitrogen and oxygen atoms in total. The minimum absolute atomic E-state index is 0.0740. The maximum absolute atomic E-state index is 2.39. The molecular formula is C122H100. The van der Waals surface area contributed by atoms with E-state index in [1.807, 2.05) is 0 Å². The predicted octanol–water partition coefficient (Wildman–Crippen LogP) is 34.0. The van der Waals surface area contributed by atoms with E-state index in [9.17, 15) is 0 Å². The van der Waals surface area contributed by atoms with Gasteiger partial charge in [-0.15, -0.1) is 0 Å². The van der Waals surface area contributed by atoms with Gasteiger partial charge >= 0.3 is 0 Å². The van der Waals surface area contributed by atoms with Crippen LogP contribution in [0.2, 0.25) is 0 Å². The summed E-state index contributed by atoms with van der Waals surface area (Å²) >= 11 is 0. The summed E-state index contributed by atoms with van der Waals surface area (Å²) in [5.74, 6) is 0. The second-order valence-corrected chi connectivity index (χ2v) is 32.0. The third kappa shape index (κ3) is 18.5. The molecule has 0 aliphatic heterocycles. The van der Waals surface area contributed by atoms with Gasteiger partial charge in [0.15, 0.2) is 0 Å². The predicted molar refractivity (Wildman–Crippen MR) is 524 cm³/mol. The normalized spacial score (nSPS) is 11.3. The zero-order chi connectivity index (χ0) is 83.6. The maximum Gasteiger partial charge on any atom is 0.0159 e. The van der Waals surface area contributed by atoms with Crippen molar-refractivity contribution in [2.24, 2.45) is 0 Å². The molecular weight excluding hydrogens is 1470 g/mol. The van der Waals surface area contributed by atoms with E-state index in [0.717, 1.165) is 0 Å². The summed E-state index contributed by atoms with van der Waals surface area (Å²) in [6, 6.07) is 171. The molecule has 0 aromatic heterocycles. The van der Waals surface area contributed by atoms with Crippen LogP contribution in [-0.4, -0.2) is 0 Å². The molecule has 0 saturated heterocycles. The molecule has 588 valence electrons. The van der Waals surface area contributed by atoms with Crippen LogP contribution in [0.5, 0.6) is 0 Å². The van der Waals surface area contributed by atoms with Gasteiger partial charge in [0.1, 0.15) is 0 Å². The van der Waals surface area contributed by atoms with Gasteiger partial charge in [-0.05, 0) is 260 Å². The molecule has 0 atom stereocenters. The lowest BCUT2D eigenvalue weighted by molar-refractivity contribution is 0.660. The lowest BCUT2D eigenvalue weighted by atomic mass is 9.81. The lowest BCUT2D eigenvalue weighted by Gasteiger charge is -2.22. The Bertz CT molecular complexity index is 6670. The first-order valence-corrected chi connectivity index (χ1v) is 42.4. The highest BCUT2D eigenvalue weighted by atomic mass is 14.4. The number of hydrogen-bond acceptors (Lipinski definition) is 0.